The lowest BCUT2D eigenvalue weighted by Gasteiger charge is -2.38. The molecule has 2 aromatic rings. The van der Waals surface area contributed by atoms with Crippen LogP contribution in [0.5, 0.6) is 0 Å². The number of carboxylic acids is 1. The summed E-state index contributed by atoms with van der Waals surface area (Å²) in [6.45, 7) is 0. The third kappa shape index (κ3) is 1.70. The molecule has 3 rings (SSSR count). The summed E-state index contributed by atoms with van der Waals surface area (Å²) in [4.78, 5) is 15.7. The van der Waals surface area contributed by atoms with Crippen molar-refractivity contribution in [2.24, 2.45) is 0 Å². The highest BCUT2D eigenvalue weighted by Gasteiger charge is 2.44. The quantitative estimate of drug-likeness (QED) is 0.868. The average Bonchev–Trinajstić information content (AvgIpc) is 2.33. The molecule has 18 heavy (non-hydrogen) atoms. The molecule has 0 radical (unpaired) electrons. The van der Waals surface area contributed by atoms with Crippen molar-refractivity contribution in [3.8, 4) is 0 Å². The van der Waals surface area contributed by atoms with E-state index in [-0.39, 0.29) is 0 Å². The highest BCUT2D eigenvalue weighted by Crippen LogP contribution is 2.35. The Balaban J connectivity index is 1.93. The molecule has 92 valence electrons. The van der Waals surface area contributed by atoms with E-state index in [1.807, 2.05) is 36.4 Å². The molecule has 1 aromatic carbocycles. The number of benzene rings is 1. The maximum absolute atomic E-state index is 11.3. The van der Waals surface area contributed by atoms with Crippen LogP contribution in [-0.2, 0) is 4.79 Å². The van der Waals surface area contributed by atoms with Gasteiger partial charge in [-0.05, 0) is 37.5 Å². The molecular formula is C14H14N2O2. The van der Waals surface area contributed by atoms with Crippen LogP contribution in [0.2, 0.25) is 0 Å². The number of rotatable bonds is 3. The number of carbonyl (C=O) groups is 1. The largest absolute Gasteiger partial charge is 0.480 e. The van der Waals surface area contributed by atoms with E-state index in [2.05, 4.69) is 10.3 Å². The molecular weight excluding hydrogens is 228 g/mol. The van der Waals surface area contributed by atoms with Crippen LogP contribution < -0.4 is 5.32 Å². The van der Waals surface area contributed by atoms with Crippen LogP contribution in [0.4, 0.5) is 5.82 Å². The first-order valence-corrected chi connectivity index (χ1v) is 6.07. The van der Waals surface area contributed by atoms with Gasteiger partial charge >= 0.3 is 5.97 Å². The van der Waals surface area contributed by atoms with E-state index in [9.17, 15) is 9.90 Å². The summed E-state index contributed by atoms with van der Waals surface area (Å²) in [5, 5.41) is 13.4. The zero-order valence-corrected chi connectivity index (χ0v) is 9.89. The van der Waals surface area contributed by atoms with Crippen molar-refractivity contribution >= 4 is 22.7 Å². The molecule has 0 spiro atoms. The topological polar surface area (TPSA) is 62.2 Å². The zero-order chi connectivity index (χ0) is 12.6. The summed E-state index contributed by atoms with van der Waals surface area (Å²) in [6.07, 6.45) is 2.28. The van der Waals surface area contributed by atoms with Crippen LogP contribution in [0.1, 0.15) is 19.3 Å². The number of hydrogen-bond donors (Lipinski definition) is 2. The third-order valence-electron chi connectivity index (χ3n) is 3.58. The fourth-order valence-corrected chi connectivity index (χ4v) is 2.30. The monoisotopic (exact) mass is 242 g/mol. The van der Waals surface area contributed by atoms with Crippen molar-refractivity contribution in [3.05, 3.63) is 36.4 Å². The van der Waals surface area contributed by atoms with Crippen LogP contribution in [0, 0.1) is 0 Å². The number of pyridine rings is 1. The predicted molar refractivity (Wildman–Crippen MR) is 69.6 cm³/mol. The molecule has 1 aliphatic rings. The second-order valence-electron chi connectivity index (χ2n) is 4.76. The Kier molecular flexibility index (Phi) is 2.44. The standard InChI is InChI=1S/C14H14N2O2/c17-13(18)14(8-3-9-14)16-12-7-6-10-4-1-2-5-11(10)15-12/h1-2,4-7H,3,8-9H2,(H,15,16)(H,17,18). The second-order valence-corrected chi connectivity index (χ2v) is 4.76. The van der Waals surface area contributed by atoms with Gasteiger partial charge in [-0.2, -0.15) is 0 Å². The van der Waals surface area contributed by atoms with Gasteiger partial charge in [0, 0.05) is 5.39 Å². The van der Waals surface area contributed by atoms with Gasteiger partial charge in [-0.25, -0.2) is 9.78 Å². The third-order valence-corrected chi connectivity index (χ3v) is 3.58. The second kappa shape index (κ2) is 3.98. The molecule has 0 saturated heterocycles. The van der Waals surface area contributed by atoms with Crippen LogP contribution in [0.15, 0.2) is 36.4 Å². The van der Waals surface area contributed by atoms with Crippen LogP contribution in [0.25, 0.3) is 10.9 Å². The van der Waals surface area contributed by atoms with Gasteiger partial charge in [-0.15, -0.1) is 0 Å². The van der Waals surface area contributed by atoms with Crippen molar-refractivity contribution < 1.29 is 9.90 Å². The maximum Gasteiger partial charge on any atom is 0.329 e. The van der Waals surface area contributed by atoms with E-state index in [0.29, 0.717) is 18.7 Å². The van der Waals surface area contributed by atoms with Gasteiger partial charge in [0.25, 0.3) is 0 Å². The molecule has 1 aliphatic carbocycles. The lowest BCUT2D eigenvalue weighted by molar-refractivity contribution is -0.145. The highest BCUT2D eigenvalue weighted by molar-refractivity contribution is 5.85. The lowest BCUT2D eigenvalue weighted by Crippen LogP contribution is -2.52. The number of anilines is 1. The summed E-state index contributed by atoms with van der Waals surface area (Å²) < 4.78 is 0. The lowest BCUT2D eigenvalue weighted by atomic mass is 9.77. The van der Waals surface area contributed by atoms with Gasteiger partial charge in [-0.1, -0.05) is 18.2 Å². The molecule has 4 nitrogen and oxygen atoms in total. The minimum atomic E-state index is -0.810. The van der Waals surface area contributed by atoms with Gasteiger partial charge in [0.15, 0.2) is 0 Å². The van der Waals surface area contributed by atoms with Gasteiger partial charge < -0.3 is 10.4 Å². The molecule has 1 aromatic heterocycles. The first kappa shape index (κ1) is 11.0. The van der Waals surface area contributed by atoms with Crippen molar-refractivity contribution in [1.82, 2.24) is 4.98 Å². The van der Waals surface area contributed by atoms with Gasteiger partial charge in [-0.3, -0.25) is 0 Å². The summed E-state index contributed by atoms with van der Waals surface area (Å²) >= 11 is 0. The van der Waals surface area contributed by atoms with Gasteiger partial charge in [0.1, 0.15) is 11.4 Å². The fourth-order valence-electron chi connectivity index (χ4n) is 2.30. The number of aliphatic carboxylic acids is 1. The number of carboxylic acid groups (broad SMARTS) is 1. The molecule has 1 heterocycles. The number of nitrogens with one attached hydrogen (secondary N) is 1. The molecule has 0 bridgehead atoms. The highest BCUT2D eigenvalue weighted by atomic mass is 16.4. The van der Waals surface area contributed by atoms with E-state index >= 15 is 0 Å². The molecule has 2 N–H and O–H groups in total. The van der Waals surface area contributed by atoms with Crippen molar-refractivity contribution in [1.29, 1.82) is 0 Å². The summed E-state index contributed by atoms with van der Waals surface area (Å²) in [5.41, 5.74) is 0.0671. The van der Waals surface area contributed by atoms with Crippen LogP contribution >= 0.6 is 0 Å². The first-order chi connectivity index (χ1) is 8.70. The number of fused-ring (bicyclic) bond motifs is 1. The number of nitrogens with zero attached hydrogens (tertiary/aromatic N) is 1. The van der Waals surface area contributed by atoms with E-state index in [1.165, 1.54) is 0 Å². The molecule has 0 amide bonds. The fraction of sp³-hybridized carbons (Fsp3) is 0.286. The zero-order valence-electron chi connectivity index (χ0n) is 9.89. The van der Waals surface area contributed by atoms with Crippen LogP contribution in [-0.4, -0.2) is 21.6 Å². The van der Waals surface area contributed by atoms with Crippen molar-refractivity contribution in [3.63, 3.8) is 0 Å². The van der Waals surface area contributed by atoms with Crippen molar-refractivity contribution in [2.75, 3.05) is 5.32 Å². The SMILES string of the molecule is O=C(O)C1(Nc2ccc3ccccc3n2)CCC1. The first-order valence-electron chi connectivity index (χ1n) is 6.07. The smallest absolute Gasteiger partial charge is 0.329 e. The van der Waals surface area contributed by atoms with E-state index in [0.717, 1.165) is 17.3 Å². The van der Waals surface area contributed by atoms with Gasteiger partial charge in [0.2, 0.25) is 0 Å². The van der Waals surface area contributed by atoms with E-state index < -0.39 is 11.5 Å². The Morgan fingerprint density at radius 1 is 1.22 bits per heavy atom. The Labute approximate surface area is 105 Å². The summed E-state index contributed by atoms with van der Waals surface area (Å²) in [7, 11) is 0. The molecule has 1 fully saturated rings. The summed E-state index contributed by atoms with van der Waals surface area (Å²) in [6, 6.07) is 11.6. The minimum absolute atomic E-state index is 0.635. The Hall–Kier alpha value is -2.10. The molecule has 4 heteroatoms. The number of aromatic nitrogens is 1. The Morgan fingerprint density at radius 2 is 2.00 bits per heavy atom. The molecule has 0 unspecified atom stereocenters. The van der Waals surface area contributed by atoms with E-state index in [1.54, 1.807) is 0 Å². The number of hydrogen-bond acceptors (Lipinski definition) is 3. The normalized spacial score (nSPS) is 17.1. The van der Waals surface area contributed by atoms with Crippen LogP contribution in [0.3, 0.4) is 0 Å². The molecule has 1 saturated carbocycles. The molecule has 0 aliphatic heterocycles. The Morgan fingerprint density at radius 3 is 2.67 bits per heavy atom. The maximum atomic E-state index is 11.3. The Bertz CT molecular complexity index is 606. The molecule has 0 atom stereocenters. The van der Waals surface area contributed by atoms with Gasteiger partial charge in [0.05, 0.1) is 5.52 Å². The predicted octanol–water partition coefficient (Wildman–Crippen LogP) is 2.65. The number of para-hydroxylation sites is 1. The van der Waals surface area contributed by atoms with E-state index in [4.69, 9.17) is 0 Å². The van der Waals surface area contributed by atoms with Crippen molar-refractivity contribution in [2.45, 2.75) is 24.8 Å². The summed E-state index contributed by atoms with van der Waals surface area (Å²) in [5.74, 6) is -0.153. The minimum Gasteiger partial charge on any atom is -0.480 e. The average molecular weight is 242 g/mol.